The van der Waals surface area contributed by atoms with Crippen LogP contribution in [0.25, 0.3) is 0 Å². The van der Waals surface area contributed by atoms with Gasteiger partial charge >= 0.3 is 5.97 Å². The molecule has 0 saturated carbocycles. The monoisotopic (exact) mass is 495 g/mol. The van der Waals surface area contributed by atoms with Crippen LogP contribution in [-0.2, 0) is 10.0 Å². The maximum absolute atomic E-state index is 12.9. The molecule has 3 aromatic carbocycles. The molecule has 8 nitrogen and oxygen atoms in total. The van der Waals surface area contributed by atoms with Crippen molar-refractivity contribution >= 4 is 33.1 Å². The summed E-state index contributed by atoms with van der Waals surface area (Å²) in [6.45, 7) is 6.25. The predicted molar refractivity (Wildman–Crippen MR) is 138 cm³/mol. The molecule has 35 heavy (non-hydrogen) atoms. The Balaban J connectivity index is 1.54. The van der Waals surface area contributed by atoms with E-state index in [9.17, 15) is 18.3 Å². The Morgan fingerprint density at radius 1 is 0.914 bits per heavy atom. The zero-order chi connectivity index (χ0) is 25.2. The number of nitrogens with one attached hydrogen (secondary N) is 1. The zero-order valence-electron chi connectivity index (χ0n) is 20.0. The lowest BCUT2D eigenvalue weighted by atomic mass is 10.1. The van der Waals surface area contributed by atoms with Crippen LogP contribution in [-0.4, -0.2) is 52.8 Å². The van der Waals surface area contributed by atoms with Crippen LogP contribution in [0.2, 0.25) is 0 Å². The second-order valence-electron chi connectivity index (χ2n) is 8.56. The van der Waals surface area contributed by atoms with Crippen molar-refractivity contribution in [1.82, 2.24) is 0 Å². The molecule has 9 heteroatoms. The molecule has 4 rings (SSSR count). The third-order valence-electron chi connectivity index (χ3n) is 6.15. The standard InChI is InChI=1S/C26H29N3O5S/c1-18-8-11-25(19(2)16-18)35(32,33)27-20-9-10-22(21(17-20)26(30)31)28-12-14-29(15-13-28)23-6-4-5-7-24(23)34-3/h4-11,16-17,27H,12-15H2,1-3H3,(H,30,31). The number of nitrogens with zero attached hydrogens (tertiary/aromatic N) is 2. The van der Waals surface area contributed by atoms with Gasteiger partial charge in [0, 0.05) is 31.9 Å². The minimum absolute atomic E-state index is 0.0524. The molecule has 1 aliphatic rings. The number of para-hydroxylation sites is 2. The highest BCUT2D eigenvalue weighted by atomic mass is 32.2. The van der Waals surface area contributed by atoms with Crippen LogP contribution in [0, 0.1) is 13.8 Å². The number of hydrogen-bond acceptors (Lipinski definition) is 6. The fraction of sp³-hybridized carbons (Fsp3) is 0.269. The highest BCUT2D eigenvalue weighted by Crippen LogP contribution is 2.31. The van der Waals surface area contributed by atoms with Gasteiger partial charge in [-0.2, -0.15) is 0 Å². The van der Waals surface area contributed by atoms with E-state index in [4.69, 9.17) is 4.74 Å². The van der Waals surface area contributed by atoms with E-state index >= 15 is 0 Å². The second kappa shape index (κ2) is 9.87. The molecule has 0 atom stereocenters. The maximum Gasteiger partial charge on any atom is 0.337 e. The number of hydrogen-bond donors (Lipinski definition) is 2. The molecule has 0 unspecified atom stereocenters. The van der Waals surface area contributed by atoms with E-state index in [2.05, 4.69) is 9.62 Å². The van der Waals surface area contributed by atoms with E-state index in [0.717, 1.165) is 17.0 Å². The van der Waals surface area contributed by atoms with Crippen molar-refractivity contribution in [2.75, 3.05) is 47.8 Å². The van der Waals surface area contributed by atoms with Gasteiger partial charge < -0.3 is 19.6 Å². The Morgan fingerprint density at radius 3 is 2.20 bits per heavy atom. The van der Waals surface area contributed by atoms with Gasteiger partial charge in [-0.25, -0.2) is 13.2 Å². The second-order valence-corrected chi connectivity index (χ2v) is 10.2. The summed E-state index contributed by atoms with van der Waals surface area (Å²) in [7, 11) is -2.22. The number of benzene rings is 3. The van der Waals surface area contributed by atoms with Crippen molar-refractivity contribution in [2.45, 2.75) is 18.7 Å². The molecule has 0 amide bonds. The minimum atomic E-state index is -3.86. The number of anilines is 3. The number of rotatable bonds is 7. The van der Waals surface area contributed by atoms with E-state index in [1.807, 2.05) is 36.1 Å². The lowest BCUT2D eigenvalue weighted by Crippen LogP contribution is -2.47. The summed E-state index contributed by atoms with van der Waals surface area (Å²) in [6, 6.07) is 17.6. The van der Waals surface area contributed by atoms with Crippen LogP contribution in [0.3, 0.4) is 0 Å². The number of carbonyl (C=O) groups is 1. The number of carboxylic acids is 1. The number of carboxylic acid groups (broad SMARTS) is 1. The van der Waals surface area contributed by atoms with Crippen molar-refractivity contribution in [2.24, 2.45) is 0 Å². The van der Waals surface area contributed by atoms with Gasteiger partial charge in [-0.15, -0.1) is 0 Å². The van der Waals surface area contributed by atoms with Gasteiger partial charge in [0.2, 0.25) is 0 Å². The molecule has 0 spiro atoms. The molecule has 3 aromatic rings. The largest absolute Gasteiger partial charge is 0.495 e. The first-order valence-electron chi connectivity index (χ1n) is 11.3. The number of aryl methyl sites for hydroxylation is 2. The first-order valence-corrected chi connectivity index (χ1v) is 12.8. The summed E-state index contributed by atoms with van der Waals surface area (Å²) in [6.07, 6.45) is 0. The van der Waals surface area contributed by atoms with Gasteiger partial charge in [-0.1, -0.05) is 29.8 Å². The molecule has 1 saturated heterocycles. The van der Waals surface area contributed by atoms with Crippen molar-refractivity contribution in [3.8, 4) is 5.75 Å². The van der Waals surface area contributed by atoms with E-state index in [0.29, 0.717) is 37.4 Å². The van der Waals surface area contributed by atoms with Gasteiger partial charge in [-0.3, -0.25) is 4.72 Å². The van der Waals surface area contributed by atoms with Crippen LogP contribution in [0.5, 0.6) is 5.75 Å². The van der Waals surface area contributed by atoms with Crippen LogP contribution in [0.4, 0.5) is 17.1 Å². The Labute approximate surface area is 205 Å². The Kier molecular flexibility index (Phi) is 6.88. The average Bonchev–Trinajstić information content (AvgIpc) is 2.83. The topological polar surface area (TPSA) is 99.2 Å². The minimum Gasteiger partial charge on any atom is -0.495 e. The Morgan fingerprint density at radius 2 is 1.57 bits per heavy atom. The van der Waals surface area contributed by atoms with Crippen molar-refractivity contribution < 1.29 is 23.1 Å². The summed E-state index contributed by atoms with van der Waals surface area (Å²) in [5, 5.41) is 9.88. The third kappa shape index (κ3) is 5.19. The van der Waals surface area contributed by atoms with E-state index < -0.39 is 16.0 Å². The quantitative estimate of drug-likeness (QED) is 0.508. The van der Waals surface area contributed by atoms with Gasteiger partial charge in [-0.05, 0) is 55.8 Å². The van der Waals surface area contributed by atoms with Crippen LogP contribution in [0.1, 0.15) is 21.5 Å². The Hall–Kier alpha value is -3.72. The van der Waals surface area contributed by atoms with Crippen molar-refractivity contribution in [1.29, 1.82) is 0 Å². The molecular weight excluding hydrogens is 466 g/mol. The number of sulfonamides is 1. The van der Waals surface area contributed by atoms with Gasteiger partial charge in [0.25, 0.3) is 10.0 Å². The normalized spacial score (nSPS) is 14.0. The number of aromatic carboxylic acids is 1. The summed E-state index contributed by atoms with van der Waals surface area (Å²) in [5.74, 6) is -0.313. The lowest BCUT2D eigenvalue weighted by Gasteiger charge is -2.38. The first kappa shape index (κ1) is 24.4. The third-order valence-corrected chi connectivity index (χ3v) is 7.69. The van der Waals surface area contributed by atoms with Crippen LogP contribution >= 0.6 is 0 Å². The zero-order valence-corrected chi connectivity index (χ0v) is 20.8. The summed E-state index contributed by atoms with van der Waals surface area (Å²) in [5.41, 5.74) is 3.41. The molecule has 184 valence electrons. The fourth-order valence-corrected chi connectivity index (χ4v) is 5.71. The van der Waals surface area contributed by atoms with Gasteiger partial charge in [0.1, 0.15) is 5.75 Å². The predicted octanol–water partition coefficient (Wildman–Crippen LogP) is 4.14. The molecule has 0 aromatic heterocycles. The first-order chi connectivity index (χ1) is 16.7. The van der Waals surface area contributed by atoms with E-state index in [1.54, 1.807) is 44.4 Å². The molecule has 1 fully saturated rings. The smallest absolute Gasteiger partial charge is 0.337 e. The highest BCUT2D eigenvalue weighted by molar-refractivity contribution is 7.92. The molecule has 0 aliphatic carbocycles. The summed E-state index contributed by atoms with van der Waals surface area (Å²) >= 11 is 0. The Bertz CT molecular complexity index is 1350. The summed E-state index contributed by atoms with van der Waals surface area (Å²) in [4.78, 5) is 16.5. The fourth-order valence-electron chi connectivity index (χ4n) is 4.44. The van der Waals surface area contributed by atoms with Crippen LogP contribution < -0.4 is 19.3 Å². The number of piperazine rings is 1. The highest BCUT2D eigenvalue weighted by Gasteiger charge is 2.24. The van der Waals surface area contributed by atoms with E-state index in [1.165, 1.54) is 6.07 Å². The molecule has 0 bridgehead atoms. The average molecular weight is 496 g/mol. The molecule has 1 heterocycles. The molecule has 0 radical (unpaired) electrons. The molecular formula is C26H29N3O5S. The summed E-state index contributed by atoms with van der Waals surface area (Å²) < 4.78 is 33.9. The van der Waals surface area contributed by atoms with Crippen LogP contribution in [0.15, 0.2) is 65.6 Å². The van der Waals surface area contributed by atoms with Gasteiger partial charge in [0.15, 0.2) is 0 Å². The SMILES string of the molecule is COc1ccccc1N1CCN(c2ccc(NS(=O)(=O)c3ccc(C)cc3C)cc2C(=O)O)CC1. The molecule has 2 N–H and O–H groups in total. The molecule has 1 aliphatic heterocycles. The maximum atomic E-state index is 12.9. The number of methoxy groups -OCH3 is 1. The van der Waals surface area contributed by atoms with E-state index in [-0.39, 0.29) is 16.1 Å². The lowest BCUT2D eigenvalue weighted by molar-refractivity contribution is 0.0697. The van der Waals surface area contributed by atoms with Crippen molar-refractivity contribution in [3.05, 3.63) is 77.4 Å². The number of ether oxygens (including phenoxy) is 1. The van der Waals surface area contributed by atoms with Crippen molar-refractivity contribution in [3.63, 3.8) is 0 Å². The van der Waals surface area contributed by atoms with Gasteiger partial charge in [0.05, 0.1) is 28.9 Å².